The van der Waals surface area contributed by atoms with Gasteiger partial charge in [0, 0.05) is 27.2 Å². The Morgan fingerprint density at radius 3 is 2.28 bits per heavy atom. The van der Waals surface area contributed by atoms with Gasteiger partial charge in [0.15, 0.2) is 5.13 Å². The smallest absolute Gasteiger partial charge is 0.268 e. The van der Waals surface area contributed by atoms with Crippen molar-refractivity contribution in [3.8, 4) is 0 Å². The molecular weight excluding hydrogens is 256 g/mol. The summed E-state index contributed by atoms with van der Waals surface area (Å²) in [5, 5.41) is 18.4. The second-order valence-corrected chi connectivity index (χ2v) is 4.82. The molecule has 102 valence electrons. The van der Waals surface area contributed by atoms with Crippen LogP contribution >= 0.6 is 11.3 Å². The van der Waals surface area contributed by atoms with E-state index in [1.54, 1.807) is 4.90 Å². The van der Waals surface area contributed by atoms with Gasteiger partial charge < -0.3 is 25.7 Å². The molecule has 1 aromatic heterocycles. The van der Waals surface area contributed by atoms with Gasteiger partial charge in [-0.3, -0.25) is 4.79 Å². The fraction of sp³-hybridized carbons (Fsp3) is 0.600. The third kappa shape index (κ3) is 3.31. The first kappa shape index (κ1) is 14.7. The van der Waals surface area contributed by atoms with Crippen LogP contribution in [0.3, 0.4) is 0 Å². The minimum Gasteiger partial charge on any atom is -0.395 e. The number of rotatable bonds is 6. The zero-order valence-electron chi connectivity index (χ0n) is 10.5. The van der Waals surface area contributed by atoms with E-state index in [2.05, 4.69) is 4.98 Å². The number of aliphatic hydroxyl groups excluding tert-OH is 2. The molecule has 0 spiro atoms. The first-order chi connectivity index (χ1) is 8.51. The van der Waals surface area contributed by atoms with Gasteiger partial charge in [0.1, 0.15) is 10.7 Å². The molecule has 0 aliphatic carbocycles. The van der Waals surface area contributed by atoms with Gasteiger partial charge in [-0.05, 0) is 0 Å². The van der Waals surface area contributed by atoms with Crippen molar-refractivity contribution in [3.63, 3.8) is 0 Å². The molecule has 1 amide bonds. The molecule has 0 aliphatic heterocycles. The summed E-state index contributed by atoms with van der Waals surface area (Å²) in [6, 6.07) is 0. The number of aromatic nitrogens is 1. The zero-order valence-corrected chi connectivity index (χ0v) is 11.3. The monoisotopic (exact) mass is 274 g/mol. The third-order valence-corrected chi connectivity index (χ3v) is 3.47. The number of hydrogen-bond donors (Lipinski definition) is 3. The van der Waals surface area contributed by atoms with Crippen LogP contribution in [0.2, 0.25) is 0 Å². The molecule has 0 aromatic carbocycles. The maximum Gasteiger partial charge on any atom is 0.268 e. The van der Waals surface area contributed by atoms with Gasteiger partial charge in [-0.2, -0.15) is 0 Å². The topological polar surface area (TPSA) is 103 Å². The van der Waals surface area contributed by atoms with Crippen molar-refractivity contribution in [1.82, 2.24) is 9.88 Å². The number of aliphatic hydroxyl groups is 2. The van der Waals surface area contributed by atoms with Gasteiger partial charge in [-0.15, -0.1) is 0 Å². The van der Waals surface area contributed by atoms with E-state index >= 15 is 0 Å². The van der Waals surface area contributed by atoms with Crippen molar-refractivity contribution < 1.29 is 15.0 Å². The number of anilines is 2. The van der Waals surface area contributed by atoms with Crippen molar-refractivity contribution >= 4 is 28.2 Å². The van der Waals surface area contributed by atoms with Gasteiger partial charge in [0.2, 0.25) is 0 Å². The van der Waals surface area contributed by atoms with Crippen molar-refractivity contribution in [1.29, 1.82) is 0 Å². The summed E-state index contributed by atoms with van der Waals surface area (Å²) in [5.41, 5.74) is 5.71. The van der Waals surface area contributed by atoms with E-state index in [0.717, 1.165) is 0 Å². The number of nitrogens with two attached hydrogens (primary N) is 1. The Morgan fingerprint density at radius 2 is 1.89 bits per heavy atom. The van der Waals surface area contributed by atoms with Crippen LogP contribution in [0.1, 0.15) is 9.67 Å². The quantitative estimate of drug-likeness (QED) is 0.629. The number of carbonyl (C=O) groups is 1. The molecule has 0 radical (unpaired) electrons. The van der Waals surface area contributed by atoms with Crippen LogP contribution in [0.25, 0.3) is 0 Å². The molecular formula is C10H18N4O3S. The summed E-state index contributed by atoms with van der Waals surface area (Å²) in [4.78, 5) is 19.7. The van der Waals surface area contributed by atoms with Crippen LogP contribution in [0.5, 0.6) is 0 Å². The Labute approximate surface area is 109 Å². The second-order valence-electron chi connectivity index (χ2n) is 3.84. The molecule has 0 atom stereocenters. The molecule has 1 aromatic rings. The summed E-state index contributed by atoms with van der Waals surface area (Å²) in [6.45, 7) is -0.00195. The third-order valence-electron chi connectivity index (χ3n) is 2.25. The lowest BCUT2D eigenvalue weighted by atomic mass is 10.4. The van der Waals surface area contributed by atoms with E-state index < -0.39 is 0 Å². The van der Waals surface area contributed by atoms with Crippen molar-refractivity contribution in [2.75, 3.05) is 51.0 Å². The van der Waals surface area contributed by atoms with E-state index in [4.69, 9.17) is 15.9 Å². The molecule has 1 rings (SSSR count). The predicted molar refractivity (Wildman–Crippen MR) is 70.9 cm³/mol. The predicted octanol–water partition coefficient (Wildman–Crippen LogP) is -0.782. The van der Waals surface area contributed by atoms with Crippen molar-refractivity contribution in [2.24, 2.45) is 0 Å². The van der Waals surface area contributed by atoms with Crippen LogP contribution in [0.15, 0.2) is 0 Å². The van der Waals surface area contributed by atoms with Crippen LogP contribution < -0.4 is 10.6 Å². The van der Waals surface area contributed by atoms with Gasteiger partial charge in [0.05, 0.1) is 13.2 Å². The lowest BCUT2D eigenvalue weighted by molar-refractivity contribution is 0.0690. The fourth-order valence-electron chi connectivity index (χ4n) is 1.36. The first-order valence-electron chi connectivity index (χ1n) is 5.45. The molecule has 7 nitrogen and oxygen atoms in total. The summed E-state index contributed by atoms with van der Waals surface area (Å²) in [6.07, 6.45) is 0. The average molecular weight is 274 g/mol. The van der Waals surface area contributed by atoms with Gasteiger partial charge in [-0.25, -0.2) is 4.98 Å². The Morgan fingerprint density at radius 1 is 1.33 bits per heavy atom. The summed E-state index contributed by atoms with van der Waals surface area (Å²) >= 11 is 1.19. The lowest BCUT2D eigenvalue weighted by Crippen LogP contribution is -2.35. The normalized spacial score (nSPS) is 10.4. The molecule has 8 heteroatoms. The number of carbonyl (C=O) groups excluding carboxylic acids is 1. The molecule has 0 saturated carbocycles. The molecule has 0 saturated heterocycles. The van der Waals surface area contributed by atoms with Crippen molar-refractivity contribution in [2.45, 2.75) is 0 Å². The highest BCUT2D eigenvalue weighted by Crippen LogP contribution is 2.27. The molecule has 0 aliphatic rings. The molecule has 0 unspecified atom stereocenters. The molecule has 0 bridgehead atoms. The van der Waals surface area contributed by atoms with Gasteiger partial charge in [-0.1, -0.05) is 11.3 Å². The standard InChI is InChI=1S/C10H18N4O3S/c1-13(2)10-12-8(11)7(18-10)9(17)14(3-5-15)4-6-16/h15-16H,3-6,11H2,1-2H3. The number of amides is 1. The van der Waals surface area contributed by atoms with E-state index in [1.165, 1.54) is 16.2 Å². The minimum atomic E-state index is -0.318. The van der Waals surface area contributed by atoms with Gasteiger partial charge in [0.25, 0.3) is 5.91 Å². The first-order valence-corrected chi connectivity index (χ1v) is 6.27. The van der Waals surface area contributed by atoms with E-state index in [1.807, 2.05) is 14.1 Å². The van der Waals surface area contributed by atoms with Crippen LogP contribution in [0.4, 0.5) is 10.9 Å². The zero-order chi connectivity index (χ0) is 13.7. The Kier molecular flexibility index (Phi) is 5.32. The SMILES string of the molecule is CN(C)c1nc(N)c(C(=O)N(CCO)CCO)s1. The Bertz CT molecular complexity index is 402. The minimum absolute atomic E-state index is 0.161. The largest absolute Gasteiger partial charge is 0.395 e. The van der Waals surface area contributed by atoms with Crippen LogP contribution in [0, 0.1) is 0 Å². The molecule has 18 heavy (non-hydrogen) atoms. The van der Waals surface area contributed by atoms with Gasteiger partial charge >= 0.3 is 0 Å². The van der Waals surface area contributed by atoms with E-state index in [0.29, 0.717) is 10.0 Å². The molecule has 0 fully saturated rings. The number of nitrogens with zero attached hydrogens (tertiary/aromatic N) is 3. The summed E-state index contributed by atoms with van der Waals surface area (Å²) in [5.74, 6) is -0.143. The average Bonchev–Trinajstić information content (AvgIpc) is 2.70. The maximum absolute atomic E-state index is 12.2. The maximum atomic E-state index is 12.2. The highest BCUT2D eigenvalue weighted by atomic mass is 32.1. The fourth-order valence-corrected chi connectivity index (χ4v) is 2.24. The molecule has 1 heterocycles. The Balaban J connectivity index is 2.93. The van der Waals surface area contributed by atoms with Crippen molar-refractivity contribution in [3.05, 3.63) is 4.88 Å². The Hall–Kier alpha value is -1.38. The number of nitrogen functional groups attached to an aromatic ring is 1. The lowest BCUT2D eigenvalue weighted by Gasteiger charge is -2.19. The van der Waals surface area contributed by atoms with Crippen LogP contribution in [-0.2, 0) is 0 Å². The molecule has 4 N–H and O–H groups in total. The second kappa shape index (κ2) is 6.53. The van der Waals surface area contributed by atoms with E-state index in [-0.39, 0.29) is 38.0 Å². The number of thiazole rings is 1. The number of hydrogen-bond acceptors (Lipinski definition) is 7. The van der Waals surface area contributed by atoms with Crippen LogP contribution in [-0.4, -0.2) is 66.4 Å². The highest BCUT2D eigenvalue weighted by Gasteiger charge is 2.22. The summed E-state index contributed by atoms with van der Waals surface area (Å²) in [7, 11) is 3.62. The van der Waals surface area contributed by atoms with E-state index in [9.17, 15) is 4.79 Å². The summed E-state index contributed by atoms with van der Waals surface area (Å²) < 4.78 is 0. The highest BCUT2D eigenvalue weighted by molar-refractivity contribution is 7.18.